The van der Waals surface area contributed by atoms with E-state index in [9.17, 15) is 35.9 Å². The van der Waals surface area contributed by atoms with E-state index in [-0.39, 0.29) is 43.1 Å². The van der Waals surface area contributed by atoms with Gasteiger partial charge in [0.2, 0.25) is 5.91 Å². The average molecular weight is 467 g/mol. The van der Waals surface area contributed by atoms with Crippen LogP contribution < -0.4 is 16.0 Å². The molecule has 0 aromatic heterocycles. The summed E-state index contributed by atoms with van der Waals surface area (Å²) >= 11 is 0. The maximum absolute atomic E-state index is 13.0. The van der Waals surface area contributed by atoms with Crippen LogP contribution in [0.2, 0.25) is 0 Å². The van der Waals surface area contributed by atoms with Crippen LogP contribution >= 0.6 is 0 Å². The van der Waals surface area contributed by atoms with Crippen molar-refractivity contribution < 1.29 is 35.9 Å². The average Bonchev–Trinajstić information content (AvgIpc) is 2.69. The summed E-state index contributed by atoms with van der Waals surface area (Å²) in [6.07, 6.45) is -7.10. The SMILES string of the molecule is CC(C)NC(=O)CN[C@H]1CC[C@@H](CNC(=O)c2cc(C(F)(F)F)cc(C(F)(F)F)c2)CC1. The summed E-state index contributed by atoms with van der Waals surface area (Å²) in [6, 6.07) is 1.03. The summed E-state index contributed by atoms with van der Waals surface area (Å²) in [5, 5.41) is 8.40. The zero-order valence-electron chi connectivity index (χ0n) is 17.8. The fraction of sp³-hybridized carbons (Fsp3) is 0.619. The van der Waals surface area contributed by atoms with Gasteiger partial charge in [0.1, 0.15) is 0 Å². The maximum Gasteiger partial charge on any atom is 0.416 e. The Bertz CT molecular complexity index is 767. The van der Waals surface area contributed by atoms with E-state index in [0.717, 1.165) is 12.8 Å². The Hall–Kier alpha value is -2.30. The van der Waals surface area contributed by atoms with E-state index in [1.54, 1.807) is 0 Å². The lowest BCUT2D eigenvalue weighted by Gasteiger charge is -2.29. The minimum atomic E-state index is -5.01. The highest BCUT2D eigenvalue weighted by Gasteiger charge is 2.37. The number of hydrogen-bond acceptors (Lipinski definition) is 3. The van der Waals surface area contributed by atoms with Crippen molar-refractivity contribution in [1.29, 1.82) is 0 Å². The van der Waals surface area contributed by atoms with E-state index in [1.165, 1.54) is 0 Å². The lowest BCUT2D eigenvalue weighted by atomic mass is 9.86. The normalized spacial score (nSPS) is 19.7. The summed E-state index contributed by atoms with van der Waals surface area (Å²) < 4.78 is 77.7. The van der Waals surface area contributed by atoms with Gasteiger partial charge in [-0.15, -0.1) is 0 Å². The van der Waals surface area contributed by atoms with Crippen molar-refractivity contribution in [3.63, 3.8) is 0 Å². The van der Waals surface area contributed by atoms with Gasteiger partial charge in [-0.2, -0.15) is 26.3 Å². The van der Waals surface area contributed by atoms with E-state index < -0.39 is 35.0 Å². The number of rotatable bonds is 7. The van der Waals surface area contributed by atoms with Crippen LogP contribution in [0.1, 0.15) is 61.0 Å². The van der Waals surface area contributed by atoms with Crippen molar-refractivity contribution >= 4 is 11.8 Å². The first-order chi connectivity index (χ1) is 14.8. The van der Waals surface area contributed by atoms with Gasteiger partial charge in [0, 0.05) is 24.2 Å². The van der Waals surface area contributed by atoms with Crippen molar-refractivity contribution in [2.24, 2.45) is 5.92 Å². The van der Waals surface area contributed by atoms with Crippen molar-refractivity contribution in [1.82, 2.24) is 16.0 Å². The topological polar surface area (TPSA) is 70.2 Å². The predicted molar refractivity (Wildman–Crippen MR) is 106 cm³/mol. The molecule has 11 heteroatoms. The van der Waals surface area contributed by atoms with Crippen LogP contribution in [0.15, 0.2) is 18.2 Å². The minimum absolute atomic E-state index is 0.00745. The standard InChI is InChI=1S/C21H27F6N3O2/c1-12(2)30-18(31)11-28-17-5-3-13(4-6-17)10-29-19(32)14-7-15(20(22,23)24)9-16(8-14)21(25,26)27/h7-9,12-13,17,28H,3-6,10-11H2,1-2H3,(H,29,32)(H,30,31)/t13-,17+. The second kappa shape index (κ2) is 10.5. The number of benzene rings is 1. The number of hydrogen-bond donors (Lipinski definition) is 3. The molecule has 0 saturated heterocycles. The van der Waals surface area contributed by atoms with Gasteiger partial charge >= 0.3 is 12.4 Å². The quantitative estimate of drug-likeness (QED) is 0.529. The van der Waals surface area contributed by atoms with Crippen molar-refractivity contribution in [2.45, 2.75) is 64.0 Å². The monoisotopic (exact) mass is 467 g/mol. The molecule has 2 amide bonds. The van der Waals surface area contributed by atoms with Gasteiger partial charge in [-0.3, -0.25) is 9.59 Å². The largest absolute Gasteiger partial charge is 0.416 e. The summed E-state index contributed by atoms with van der Waals surface area (Å²) in [5.74, 6) is -1.03. The van der Waals surface area contributed by atoms with E-state index >= 15 is 0 Å². The summed E-state index contributed by atoms with van der Waals surface area (Å²) in [7, 11) is 0. The number of nitrogens with one attached hydrogen (secondary N) is 3. The van der Waals surface area contributed by atoms with Crippen molar-refractivity contribution in [2.75, 3.05) is 13.1 Å². The molecule has 0 heterocycles. The van der Waals surface area contributed by atoms with E-state index in [0.29, 0.717) is 25.0 Å². The van der Waals surface area contributed by atoms with Crippen LogP contribution in [0.5, 0.6) is 0 Å². The molecule has 1 saturated carbocycles. The molecule has 0 aliphatic heterocycles. The summed E-state index contributed by atoms with van der Waals surface area (Å²) in [6.45, 7) is 4.07. The third-order valence-electron chi connectivity index (χ3n) is 5.25. The smallest absolute Gasteiger partial charge is 0.353 e. The Kier molecular flexibility index (Phi) is 8.55. The van der Waals surface area contributed by atoms with E-state index in [4.69, 9.17) is 0 Å². The first-order valence-corrected chi connectivity index (χ1v) is 10.4. The summed E-state index contributed by atoms with van der Waals surface area (Å²) in [5.41, 5.74) is -3.73. The van der Waals surface area contributed by atoms with Crippen LogP contribution in [-0.4, -0.2) is 37.0 Å². The molecule has 1 aliphatic rings. The van der Waals surface area contributed by atoms with Crippen molar-refractivity contribution in [3.05, 3.63) is 34.9 Å². The summed E-state index contributed by atoms with van der Waals surface area (Å²) in [4.78, 5) is 24.0. The Morgan fingerprint density at radius 2 is 1.47 bits per heavy atom. The third-order valence-corrected chi connectivity index (χ3v) is 5.25. The zero-order chi connectivity index (χ0) is 24.1. The molecule has 0 bridgehead atoms. The predicted octanol–water partition coefficient (Wildman–Crippen LogP) is 4.13. The number of carbonyl (C=O) groups excluding carboxylic acids is 2. The molecule has 5 nitrogen and oxygen atoms in total. The first-order valence-electron chi connectivity index (χ1n) is 10.4. The molecule has 2 rings (SSSR count). The highest BCUT2D eigenvalue weighted by Crippen LogP contribution is 2.36. The molecule has 1 aliphatic carbocycles. The van der Waals surface area contributed by atoms with Crippen LogP contribution in [-0.2, 0) is 17.1 Å². The fourth-order valence-corrected chi connectivity index (χ4v) is 3.61. The Balaban J connectivity index is 1.89. The van der Waals surface area contributed by atoms with Crippen LogP contribution in [0, 0.1) is 5.92 Å². The maximum atomic E-state index is 13.0. The number of halogens is 6. The second-order valence-electron chi connectivity index (χ2n) is 8.33. The second-order valence-corrected chi connectivity index (χ2v) is 8.33. The van der Waals surface area contributed by atoms with E-state index in [2.05, 4.69) is 16.0 Å². The van der Waals surface area contributed by atoms with Gasteiger partial charge in [-0.05, 0) is 63.6 Å². The van der Waals surface area contributed by atoms with Gasteiger partial charge in [-0.1, -0.05) is 0 Å². The van der Waals surface area contributed by atoms with Gasteiger partial charge in [-0.25, -0.2) is 0 Å². The van der Waals surface area contributed by atoms with Crippen molar-refractivity contribution in [3.8, 4) is 0 Å². The molecule has 32 heavy (non-hydrogen) atoms. The number of carbonyl (C=O) groups is 2. The van der Waals surface area contributed by atoms with Crippen LogP contribution in [0.25, 0.3) is 0 Å². The Morgan fingerprint density at radius 1 is 0.938 bits per heavy atom. The number of amides is 2. The van der Waals surface area contributed by atoms with E-state index in [1.807, 2.05) is 13.8 Å². The molecule has 180 valence electrons. The molecule has 1 aromatic rings. The lowest BCUT2D eigenvalue weighted by Crippen LogP contribution is -2.43. The number of alkyl halides is 6. The Morgan fingerprint density at radius 3 is 1.94 bits per heavy atom. The third kappa shape index (κ3) is 7.99. The van der Waals surface area contributed by atoms with Crippen LogP contribution in [0.3, 0.4) is 0 Å². The molecule has 0 unspecified atom stereocenters. The van der Waals surface area contributed by atoms with Gasteiger partial charge in [0.05, 0.1) is 17.7 Å². The molecule has 0 atom stereocenters. The molecule has 0 spiro atoms. The molecule has 1 aromatic carbocycles. The lowest BCUT2D eigenvalue weighted by molar-refractivity contribution is -0.143. The molecular formula is C21H27F6N3O2. The molecule has 0 radical (unpaired) electrons. The zero-order valence-corrected chi connectivity index (χ0v) is 17.8. The van der Waals surface area contributed by atoms with Crippen LogP contribution in [0.4, 0.5) is 26.3 Å². The first kappa shape index (κ1) is 26.0. The van der Waals surface area contributed by atoms with Gasteiger partial charge < -0.3 is 16.0 Å². The highest BCUT2D eigenvalue weighted by molar-refractivity contribution is 5.94. The highest BCUT2D eigenvalue weighted by atomic mass is 19.4. The van der Waals surface area contributed by atoms with Gasteiger partial charge in [0.15, 0.2) is 0 Å². The minimum Gasteiger partial charge on any atom is -0.353 e. The Labute approximate surface area is 182 Å². The fourth-order valence-electron chi connectivity index (χ4n) is 3.61. The molecule has 3 N–H and O–H groups in total. The molecule has 1 fully saturated rings. The molecular weight excluding hydrogens is 440 g/mol. The van der Waals surface area contributed by atoms with Gasteiger partial charge in [0.25, 0.3) is 5.91 Å².